The van der Waals surface area contributed by atoms with Crippen LogP contribution in [0.15, 0.2) is 54.8 Å². The molecule has 1 aromatic rings. The molecule has 0 aliphatic carbocycles. The fourth-order valence-electron chi connectivity index (χ4n) is 1.99. The molecule has 0 heterocycles. The third-order valence-corrected chi connectivity index (χ3v) is 4.18. The summed E-state index contributed by atoms with van der Waals surface area (Å²) < 4.78 is 22.2. The predicted molar refractivity (Wildman–Crippen MR) is 112 cm³/mol. The van der Waals surface area contributed by atoms with E-state index < -0.39 is 21.5 Å². The molecule has 0 fully saturated rings. The molecule has 0 aliphatic rings. The summed E-state index contributed by atoms with van der Waals surface area (Å²) in [6.07, 6.45) is 8.03. The molecule has 0 saturated heterocycles. The molecule has 152 valence electrons. The zero-order chi connectivity index (χ0) is 21.2. The Bertz CT molecular complexity index is 889. The van der Waals surface area contributed by atoms with Crippen molar-refractivity contribution in [2.45, 2.75) is 13.8 Å². The van der Waals surface area contributed by atoms with Gasteiger partial charge in [-0.1, -0.05) is 24.3 Å². The second-order valence-electron chi connectivity index (χ2n) is 6.18. The summed E-state index contributed by atoms with van der Waals surface area (Å²) in [5, 5.41) is 5.64. The Kier molecular flexibility index (Phi) is 8.97. The van der Waals surface area contributed by atoms with Gasteiger partial charge in [0.15, 0.2) is 9.84 Å². The molecule has 1 aromatic carbocycles. The van der Waals surface area contributed by atoms with Gasteiger partial charge in [-0.3, -0.25) is 20.4 Å². The average Bonchev–Trinajstić information content (AvgIpc) is 2.59. The number of aryl methyl sites for hydroxylation is 1. The van der Waals surface area contributed by atoms with Crippen molar-refractivity contribution in [3.05, 3.63) is 60.3 Å². The number of hydrogen-bond acceptors (Lipinski definition) is 6. The van der Waals surface area contributed by atoms with E-state index in [-0.39, 0.29) is 12.5 Å². The Balaban J connectivity index is 2.52. The second kappa shape index (κ2) is 10.9. The lowest BCUT2D eigenvalue weighted by Crippen LogP contribution is -2.34. The molecule has 0 radical (unpaired) electrons. The summed E-state index contributed by atoms with van der Waals surface area (Å²) >= 11 is 0. The lowest BCUT2D eigenvalue weighted by Gasteiger charge is -2.12. The van der Waals surface area contributed by atoms with Crippen molar-refractivity contribution in [3.8, 4) is 0 Å². The SMILES string of the molecule is C=C/C(C)=C\C=C/NCC(=O)Nc1ccc(NNC(=O)CS(C)(=O)=O)c(C)c1. The van der Waals surface area contributed by atoms with Gasteiger partial charge in [-0.25, -0.2) is 8.42 Å². The van der Waals surface area contributed by atoms with Crippen LogP contribution in [0.25, 0.3) is 0 Å². The molecular weight excluding hydrogens is 380 g/mol. The van der Waals surface area contributed by atoms with Gasteiger partial charge in [0, 0.05) is 11.9 Å². The molecule has 0 atom stereocenters. The van der Waals surface area contributed by atoms with Crippen LogP contribution in [-0.2, 0) is 19.4 Å². The molecule has 1 rings (SSSR count). The first kappa shape index (κ1) is 23.0. The summed E-state index contributed by atoms with van der Waals surface area (Å²) in [6, 6.07) is 5.07. The number of carbonyl (C=O) groups excluding carboxylic acids is 2. The molecule has 28 heavy (non-hydrogen) atoms. The molecule has 0 bridgehead atoms. The van der Waals surface area contributed by atoms with E-state index in [2.05, 4.69) is 28.1 Å². The van der Waals surface area contributed by atoms with Crippen LogP contribution >= 0.6 is 0 Å². The first-order chi connectivity index (χ1) is 13.1. The standard InChI is InChI=1S/C19H26N4O4S/c1-5-14(2)7-6-10-20-12-18(24)21-16-8-9-17(15(3)11-16)22-23-19(25)13-28(4,26)27/h5-11,20,22H,1,12-13H2,2-4H3,(H,21,24)(H,23,25)/b10-6-,14-7-. The van der Waals surface area contributed by atoms with Gasteiger partial charge in [0.25, 0.3) is 5.91 Å². The van der Waals surface area contributed by atoms with Crippen LogP contribution in [0, 0.1) is 6.92 Å². The van der Waals surface area contributed by atoms with E-state index in [0.717, 1.165) is 17.4 Å². The van der Waals surface area contributed by atoms with Gasteiger partial charge in [0.2, 0.25) is 5.91 Å². The number of nitrogens with one attached hydrogen (secondary N) is 4. The fraction of sp³-hybridized carbons (Fsp3) is 0.263. The normalized spacial score (nSPS) is 11.8. The monoisotopic (exact) mass is 406 g/mol. The Morgan fingerprint density at radius 1 is 1.21 bits per heavy atom. The number of carbonyl (C=O) groups is 2. The molecule has 4 N–H and O–H groups in total. The van der Waals surface area contributed by atoms with Crippen molar-refractivity contribution >= 4 is 33.0 Å². The summed E-state index contributed by atoms with van der Waals surface area (Å²) in [5.74, 6) is -1.47. The van der Waals surface area contributed by atoms with Crippen molar-refractivity contribution in [2.24, 2.45) is 0 Å². The van der Waals surface area contributed by atoms with Crippen LogP contribution in [0.2, 0.25) is 0 Å². The van der Waals surface area contributed by atoms with Crippen molar-refractivity contribution < 1.29 is 18.0 Å². The van der Waals surface area contributed by atoms with Crippen LogP contribution in [0.4, 0.5) is 11.4 Å². The number of sulfone groups is 1. The molecule has 2 amide bonds. The maximum absolute atomic E-state index is 11.9. The van der Waals surface area contributed by atoms with E-state index in [9.17, 15) is 18.0 Å². The van der Waals surface area contributed by atoms with Gasteiger partial charge in [-0.2, -0.15) is 0 Å². The molecule has 0 aromatic heterocycles. The van der Waals surface area contributed by atoms with Crippen LogP contribution in [-0.4, -0.2) is 38.8 Å². The maximum atomic E-state index is 11.9. The zero-order valence-corrected chi connectivity index (χ0v) is 17.0. The predicted octanol–water partition coefficient (Wildman–Crippen LogP) is 1.66. The van der Waals surface area contributed by atoms with E-state index in [0.29, 0.717) is 11.4 Å². The smallest absolute Gasteiger partial charge is 0.253 e. The minimum atomic E-state index is -3.39. The van der Waals surface area contributed by atoms with Gasteiger partial charge in [-0.15, -0.1) is 0 Å². The summed E-state index contributed by atoms with van der Waals surface area (Å²) in [7, 11) is -3.39. The maximum Gasteiger partial charge on any atom is 0.253 e. The number of hydrogen-bond donors (Lipinski definition) is 4. The van der Waals surface area contributed by atoms with Gasteiger partial charge in [0.05, 0.1) is 12.2 Å². The number of hydrazine groups is 1. The lowest BCUT2D eigenvalue weighted by atomic mass is 10.2. The van der Waals surface area contributed by atoms with Crippen LogP contribution < -0.4 is 21.5 Å². The average molecular weight is 407 g/mol. The van der Waals surface area contributed by atoms with Gasteiger partial charge in [-0.05, 0) is 49.9 Å². The zero-order valence-electron chi connectivity index (χ0n) is 16.2. The van der Waals surface area contributed by atoms with E-state index in [1.165, 1.54) is 0 Å². The largest absolute Gasteiger partial charge is 0.382 e. The van der Waals surface area contributed by atoms with E-state index in [1.807, 2.05) is 13.0 Å². The second-order valence-corrected chi connectivity index (χ2v) is 8.32. The number of allylic oxidation sites excluding steroid dienone is 4. The van der Waals surface area contributed by atoms with E-state index >= 15 is 0 Å². The Morgan fingerprint density at radius 3 is 2.54 bits per heavy atom. The Hall–Kier alpha value is -3.07. The van der Waals surface area contributed by atoms with Gasteiger partial charge in [0.1, 0.15) is 5.75 Å². The number of benzene rings is 1. The van der Waals surface area contributed by atoms with E-state index in [1.54, 1.807) is 43.5 Å². The minimum absolute atomic E-state index is 0.109. The number of anilines is 2. The molecule has 0 saturated carbocycles. The highest BCUT2D eigenvalue weighted by atomic mass is 32.2. The minimum Gasteiger partial charge on any atom is -0.382 e. The highest BCUT2D eigenvalue weighted by molar-refractivity contribution is 7.91. The van der Waals surface area contributed by atoms with Crippen LogP contribution in [0.3, 0.4) is 0 Å². The first-order valence-electron chi connectivity index (χ1n) is 8.43. The number of amides is 2. The third kappa shape index (κ3) is 9.58. The first-order valence-corrected chi connectivity index (χ1v) is 10.5. The van der Waals surface area contributed by atoms with Gasteiger partial charge < -0.3 is 10.6 Å². The highest BCUT2D eigenvalue weighted by Gasteiger charge is 2.11. The quantitative estimate of drug-likeness (QED) is 0.347. The van der Waals surface area contributed by atoms with Crippen molar-refractivity contribution in [3.63, 3.8) is 0 Å². The molecule has 8 nitrogen and oxygen atoms in total. The summed E-state index contributed by atoms with van der Waals surface area (Å²) in [4.78, 5) is 23.5. The van der Waals surface area contributed by atoms with Crippen LogP contribution in [0.1, 0.15) is 12.5 Å². The third-order valence-electron chi connectivity index (χ3n) is 3.40. The topological polar surface area (TPSA) is 116 Å². The van der Waals surface area contributed by atoms with Crippen molar-refractivity contribution in [1.29, 1.82) is 0 Å². The Labute approximate surface area is 165 Å². The van der Waals surface area contributed by atoms with E-state index in [4.69, 9.17) is 0 Å². The molecule has 0 aliphatic heterocycles. The van der Waals surface area contributed by atoms with Crippen molar-refractivity contribution in [1.82, 2.24) is 10.7 Å². The highest BCUT2D eigenvalue weighted by Crippen LogP contribution is 2.18. The lowest BCUT2D eigenvalue weighted by molar-refractivity contribution is -0.118. The number of rotatable bonds is 10. The summed E-state index contributed by atoms with van der Waals surface area (Å²) in [6.45, 7) is 7.46. The van der Waals surface area contributed by atoms with Gasteiger partial charge >= 0.3 is 0 Å². The van der Waals surface area contributed by atoms with Crippen LogP contribution in [0.5, 0.6) is 0 Å². The van der Waals surface area contributed by atoms with Crippen molar-refractivity contribution in [2.75, 3.05) is 29.3 Å². The fourth-order valence-corrected chi connectivity index (χ4v) is 2.53. The molecule has 0 spiro atoms. The summed E-state index contributed by atoms with van der Waals surface area (Å²) in [5.41, 5.74) is 7.95. The molecule has 0 unspecified atom stereocenters. The molecular formula is C19H26N4O4S. The molecule has 9 heteroatoms. The Morgan fingerprint density at radius 2 is 1.93 bits per heavy atom.